The number of nitrogens with one attached hydrogen (secondary N) is 1. The summed E-state index contributed by atoms with van der Waals surface area (Å²) in [7, 11) is -4.26. The molecule has 0 bridgehead atoms. The summed E-state index contributed by atoms with van der Waals surface area (Å²) in [6, 6.07) is 6.48. The number of hydrogen-bond donors (Lipinski definition) is 1. The third-order valence-corrected chi connectivity index (χ3v) is 6.27. The van der Waals surface area contributed by atoms with E-state index in [1.165, 1.54) is 32.0 Å². The SMILES string of the molecule is CC(C)(C)c1cc(NC(=O)C(C)(C)S(=O)(=O)c2ccccc2F)no1. The predicted octanol–water partition coefficient (Wildman–Crippen LogP) is 3.30. The molecule has 1 N–H and O–H groups in total. The lowest BCUT2D eigenvalue weighted by Crippen LogP contribution is -2.44. The molecular formula is C17H21FN2O4S. The van der Waals surface area contributed by atoms with Crippen molar-refractivity contribution in [3.8, 4) is 0 Å². The Hall–Kier alpha value is -2.22. The van der Waals surface area contributed by atoms with Crippen molar-refractivity contribution in [3.63, 3.8) is 0 Å². The summed E-state index contributed by atoms with van der Waals surface area (Å²) in [5.41, 5.74) is -0.315. The normalized spacial score (nSPS) is 12.9. The van der Waals surface area contributed by atoms with Crippen molar-refractivity contribution in [1.82, 2.24) is 5.16 Å². The van der Waals surface area contributed by atoms with E-state index in [4.69, 9.17) is 4.52 Å². The van der Waals surface area contributed by atoms with Gasteiger partial charge in [0.2, 0.25) is 5.91 Å². The summed E-state index contributed by atoms with van der Waals surface area (Å²) < 4.78 is 42.6. The highest BCUT2D eigenvalue weighted by Gasteiger charge is 2.44. The van der Waals surface area contributed by atoms with Crippen molar-refractivity contribution in [1.29, 1.82) is 0 Å². The first-order valence-corrected chi connectivity index (χ1v) is 9.13. The Morgan fingerprint density at radius 3 is 2.28 bits per heavy atom. The Morgan fingerprint density at radius 2 is 1.76 bits per heavy atom. The number of amides is 1. The molecule has 0 saturated heterocycles. The van der Waals surface area contributed by atoms with Crippen LogP contribution in [0.25, 0.3) is 0 Å². The molecule has 25 heavy (non-hydrogen) atoms. The van der Waals surface area contributed by atoms with Crippen molar-refractivity contribution in [2.45, 2.75) is 49.7 Å². The summed E-state index contributed by atoms with van der Waals surface area (Å²) in [5, 5.41) is 6.16. The van der Waals surface area contributed by atoms with Gasteiger partial charge in [-0.25, -0.2) is 12.8 Å². The summed E-state index contributed by atoms with van der Waals surface area (Å²) in [4.78, 5) is 12.0. The molecule has 6 nitrogen and oxygen atoms in total. The lowest BCUT2D eigenvalue weighted by Gasteiger charge is -2.23. The molecular weight excluding hydrogens is 347 g/mol. The molecule has 2 aromatic rings. The summed E-state index contributed by atoms with van der Waals surface area (Å²) in [6.45, 7) is 8.16. The molecule has 1 heterocycles. The minimum atomic E-state index is -4.26. The third kappa shape index (κ3) is 3.58. The maximum Gasteiger partial charge on any atom is 0.246 e. The van der Waals surface area contributed by atoms with Crippen LogP contribution in [0.3, 0.4) is 0 Å². The maximum absolute atomic E-state index is 13.9. The monoisotopic (exact) mass is 368 g/mol. The van der Waals surface area contributed by atoms with Crippen LogP contribution < -0.4 is 5.32 Å². The Morgan fingerprint density at radius 1 is 1.16 bits per heavy atom. The van der Waals surface area contributed by atoms with E-state index in [1.807, 2.05) is 20.8 Å². The number of anilines is 1. The second-order valence-corrected chi connectivity index (χ2v) is 9.69. The predicted molar refractivity (Wildman–Crippen MR) is 91.5 cm³/mol. The smallest absolute Gasteiger partial charge is 0.246 e. The number of nitrogens with zero attached hydrogens (tertiary/aromatic N) is 1. The van der Waals surface area contributed by atoms with Crippen LogP contribution in [0, 0.1) is 5.82 Å². The van der Waals surface area contributed by atoms with Crippen molar-refractivity contribution < 1.29 is 22.1 Å². The Bertz CT molecular complexity index is 895. The van der Waals surface area contributed by atoms with Gasteiger partial charge in [-0.1, -0.05) is 38.1 Å². The fourth-order valence-corrected chi connectivity index (χ4v) is 3.44. The van der Waals surface area contributed by atoms with E-state index >= 15 is 0 Å². The molecule has 136 valence electrons. The van der Waals surface area contributed by atoms with Crippen molar-refractivity contribution in [3.05, 3.63) is 41.9 Å². The summed E-state index contributed by atoms with van der Waals surface area (Å²) in [6.07, 6.45) is 0. The van der Waals surface area contributed by atoms with E-state index in [2.05, 4.69) is 10.5 Å². The highest BCUT2D eigenvalue weighted by molar-refractivity contribution is 7.93. The van der Waals surface area contributed by atoms with E-state index < -0.39 is 31.2 Å². The molecule has 8 heteroatoms. The lowest BCUT2D eigenvalue weighted by atomic mass is 9.93. The highest BCUT2D eigenvalue weighted by atomic mass is 32.2. The molecule has 0 aliphatic rings. The zero-order valence-corrected chi connectivity index (χ0v) is 15.6. The fourth-order valence-electron chi connectivity index (χ4n) is 2.01. The van der Waals surface area contributed by atoms with Gasteiger partial charge in [0.1, 0.15) is 21.2 Å². The second-order valence-electron chi connectivity index (χ2n) is 7.22. The van der Waals surface area contributed by atoms with Gasteiger partial charge in [0.05, 0.1) is 0 Å². The number of aromatic nitrogens is 1. The molecule has 2 rings (SSSR count). The van der Waals surface area contributed by atoms with Gasteiger partial charge in [-0.2, -0.15) is 0 Å². The van der Waals surface area contributed by atoms with Crippen LogP contribution in [-0.4, -0.2) is 24.2 Å². The molecule has 0 aliphatic heterocycles. The van der Waals surface area contributed by atoms with Gasteiger partial charge in [-0.15, -0.1) is 0 Å². The first-order valence-electron chi connectivity index (χ1n) is 7.65. The van der Waals surface area contributed by atoms with Gasteiger partial charge in [0.15, 0.2) is 15.7 Å². The molecule has 1 aromatic heterocycles. The molecule has 0 saturated carbocycles. The van der Waals surface area contributed by atoms with Gasteiger partial charge in [-0.05, 0) is 26.0 Å². The highest BCUT2D eigenvalue weighted by Crippen LogP contribution is 2.29. The van der Waals surface area contributed by atoms with Crippen molar-refractivity contribution in [2.24, 2.45) is 0 Å². The van der Waals surface area contributed by atoms with Gasteiger partial charge in [-0.3, -0.25) is 4.79 Å². The zero-order valence-electron chi connectivity index (χ0n) is 14.8. The molecule has 0 radical (unpaired) electrons. The van der Waals surface area contributed by atoms with Crippen LogP contribution in [0.15, 0.2) is 39.8 Å². The van der Waals surface area contributed by atoms with E-state index in [-0.39, 0.29) is 11.2 Å². The number of halogens is 1. The number of sulfone groups is 1. The molecule has 0 aliphatic carbocycles. The topological polar surface area (TPSA) is 89.3 Å². The minimum Gasteiger partial charge on any atom is -0.359 e. The largest absolute Gasteiger partial charge is 0.359 e. The van der Waals surface area contributed by atoms with Crippen LogP contribution >= 0.6 is 0 Å². The molecule has 0 spiro atoms. The van der Waals surface area contributed by atoms with Crippen LogP contribution in [0.4, 0.5) is 10.2 Å². The lowest BCUT2D eigenvalue weighted by molar-refractivity contribution is -0.117. The average molecular weight is 368 g/mol. The van der Waals surface area contributed by atoms with Crippen molar-refractivity contribution >= 4 is 21.6 Å². The first-order chi connectivity index (χ1) is 11.4. The number of carbonyl (C=O) groups is 1. The van der Waals surface area contributed by atoms with Crippen LogP contribution in [0.1, 0.15) is 40.4 Å². The molecule has 0 atom stereocenters. The van der Waals surface area contributed by atoms with Crippen LogP contribution in [0.2, 0.25) is 0 Å². The Kier molecular flexibility index (Phi) is 4.78. The zero-order chi connectivity index (χ0) is 19.0. The van der Waals surface area contributed by atoms with Gasteiger partial charge < -0.3 is 9.84 Å². The van der Waals surface area contributed by atoms with E-state index in [9.17, 15) is 17.6 Å². The van der Waals surface area contributed by atoms with Crippen molar-refractivity contribution in [2.75, 3.05) is 5.32 Å². The molecule has 1 aromatic carbocycles. The summed E-state index contributed by atoms with van der Waals surface area (Å²) >= 11 is 0. The van der Waals surface area contributed by atoms with E-state index in [0.29, 0.717) is 5.76 Å². The van der Waals surface area contributed by atoms with Crippen LogP contribution in [0.5, 0.6) is 0 Å². The molecule has 0 fully saturated rings. The number of hydrogen-bond acceptors (Lipinski definition) is 5. The number of rotatable bonds is 4. The quantitative estimate of drug-likeness (QED) is 0.894. The van der Waals surface area contributed by atoms with E-state index in [0.717, 1.165) is 12.1 Å². The average Bonchev–Trinajstić information content (AvgIpc) is 2.96. The fraction of sp³-hybridized carbons (Fsp3) is 0.412. The molecule has 1 amide bonds. The maximum atomic E-state index is 13.9. The Balaban J connectivity index is 2.31. The summed E-state index contributed by atoms with van der Waals surface area (Å²) in [5.74, 6) is -1.09. The molecule has 0 unspecified atom stereocenters. The Labute approximate surface area is 146 Å². The minimum absolute atomic E-state index is 0.103. The first kappa shape index (κ1) is 19.1. The van der Waals surface area contributed by atoms with Gasteiger partial charge >= 0.3 is 0 Å². The van der Waals surface area contributed by atoms with E-state index in [1.54, 1.807) is 0 Å². The standard InChI is InChI=1S/C17H21FN2O4S/c1-16(2,3)13-10-14(20-24-13)19-15(21)17(4,5)25(22,23)12-9-7-6-8-11(12)18/h6-10H,1-5H3,(H,19,20,21). The third-order valence-electron chi connectivity index (χ3n) is 3.84. The van der Waals surface area contributed by atoms with Gasteiger partial charge in [0, 0.05) is 11.5 Å². The van der Waals surface area contributed by atoms with Gasteiger partial charge in [0.25, 0.3) is 0 Å². The number of benzene rings is 1. The van der Waals surface area contributed by atoms with Crippen LogP contribution in [-0.2, 0) is 20.0 Å². The second kappa shape index (κ2) is 6.25. The number of carbonyl (C=O) groups excluding carboxylic acids is 1.